The Labute approximate surface area is 129 Å². The van der Waals surface area contributed by atoms with E-state index in [9.17, 15) is 4.79 Å². The van der Waals surface area contributed by atoms with Gasteiger partial charge in [0.25, 0.3) is 0 Å². The first-order chi connectivity index (χ1) is 9.93. The van der Waals surface area contributed by atoms with Crippen molar-refractivity contribution in [2.45, 2.75) is 51.7 Å². The number of rotatable bonds is 5. The predicted molar refractivity (Wildman–Crippen MR) is 83.9 cm³/mol. The number of carboxylic acid groups (broad SMARTS) is 1. The molecule has 0 saturated carbocycles. The lowest BCUT2D eigenvalue weighted by molar-refractivity contribution is -0.133. The van der Waals surface area contributed by atoms with E-state index < -0.39 is 5.97 Å². The number of aromatic nitrogens is 3. The summed E-state index contributed by atoms with van der Waals surface area (Å²) in [5, 5.41) is 18.0. The quantitative estimate of drug-likeness (QED) is 0.842. The maximum Gasteiger partial charge on any atom is 0.313 e. The number of hydrogen-bond donors (Lipinski definition) is 1. The molecular weight excluding hydrogens is 288 g/mol. The molecule has 2 rings (SSSR count). The van der Waals surface area contributed by atoms with Gasteiger partial charge < -0.3 is 10.0 Å². The Morgan fingerprint density at radius 2 is 2.10 bits per heavy atom. The van der Waals surface area contributed by atoms with Crippen molar-refractivity contribution in [2.75, 3.05) is 23.7 Å². The molecule has 0 bridgehead atoms. The smallest absolute Gasteiger partial charge is 0.313 e. The highest BCUT2D eigenvalue weighted by Gasteiger charge is 2.26. The van der Waals surface area contributed by atoms with E-state index in [2.05, 4.69) is 28.9 Å². The molecule has 2 heterocycles. The van der Waals surface area contributed by atoms with E-state index in [0.717, 1.165) is 38.4 Å². The summed E-state index contributed by atoms with van der Waals surface area (Å²) in [6.07, 6.45) is 3.52. The van der Waals surface area contributed by atoms with Crippen molar-refractivity contribution >= 4 is 23.7 Å². The number of nitrogens with zero attached hydrogens (tertiary/aromatic N) is 4. The molecule has 118 valence electrons. The normalized spacial score (nSPS) is 18.5. The summed E-state index contributed by atoms with van der Waals surface area (Å²) in [6, 6.07) is 0. The van der Waals surface area contributed by atoms with Crippen LogP contribution in [0.15, 0.2) is 5.16 Å². The van der Waals surface area contributed by atoms with Crippen LogP contribution in [-0.2, 0) is 11.3 Å². The Kier molecular flexibility index (Phi) is 5.13. The van der Waals surface area contributed by atoms with Gasteiger partial charge in [-0.1, -0.05) is 25.6 Å². The molecule has 1 saturated heterocycles. The Hall–Kier alpha value is -1.24. The van der Waals surface area contributed by atoms with Gasteiger partial charge in [-0.3, -0.25) is 9.36 Å². The number of hydrogen-bond acceptors (Lipinski definition) is 5. The second kappa shape index (κ2) is 6.68. The second-order valence-electron chi connectivity index (χ2n) is 6.21. The standard InChI is InChI=1S/C14H24N4O2S/c1-4-18-12(15-16-13(18)21-10-11(19)20)17-8-5-6-14(2,3)7-9-17/h4-10H2,1-3H3,(H,19,20). The Balaban J connectivity index is 2.14. The van der Waals surface area contributed by atoms with E-state index in [1.165, 1.54) is 18.2 Å². The van der Waals surface area contributed by atoms with Crippen LogP contribution in [0.3, 0.4) is 0 Å². The lowest BCUT2D eigenvalue weighted by Crippen LogP contribution is -2.28. The summed E-state index contributed by atoms with van der Waals surface area (Å²) >= 11 is 1.23. The minimum absolute atomic E-state index is 0.0190. The van der Waals surface area contributed by atoms with E-state index in [-0.39, 0.29) is 5.75 Å². The van der Waals surface area contributed by atoms with Crippen LogP contribution in [0.25, 0.3) is 0 Å². The zero-order chi connectivity index (χ0) is 15.5. The van der Waals surface area contributed by atoms with E-state index in [1.807, 2.05) is 11.5 Å². The van der Waals surface area contributed by atoms with Crippen molar-refractivity contribution in [3.8, 4) is 0 Å². The number of anilines is 1. The zero-order valence-electron chi connectivity index (χ0n) is 13.0. The number of carboxylic acids is 1. The van der Waals surface area contributed by atoms with Gasteiger partial charge >= 0.3 is 5.97 Å². The highest BCUT2D eigenvalue weighted by Crippen LogP contribution is 2.32. The van der Waals surface area contributed by atoms with Crippen LogP contribution < -0.4 is 4.90 Å². The van der Waals surface area contributed by atoms with Gasteiger partial charge in [-0.25, -0.2) is 0 Å². The first-order valence-corrected chi connectivity index (χ1v) is 8.44. The highest BCUT2D eigenvalue weighted by molar-refractivity contribution is 7.99. The molecule has 1 aromatic rings. The monoisotopic (exact) mass is 312 g/mol. The lowest BCUT2D eigenvalue weighted by atomic mass is 9.85. The topological polar surface area (TPSA) is 71.2 Å². The summed E-state index contributed by atoms with van der Waals surface area (Å²) < 4.78 is 2.02. The summed E-state index contributed by atoms with van der Waals surface area (Å²) in [4.78, 5) is 13.0. The van der Waals surface area contributed by atoms with Gasteiger partial charge in [0.2, 0.25) is 5.95 Å². The second-order valence-corrected chi connectivity index (χ2v) is 7.16. The van der Waals surface area contributed by atoms with Gasteiger partial charge in [0.15, 0.2) is 5.16 Å². The fourth-order valence-electron chi connectivity index (χ4n) is 2.65. The van der Waals surface area contributed by atoms with Crippen LogP contribution in [-0.4, -0.2) is 44.7 Å². The molecular formula is C14H24N4O2S. The summed E-state index contributed by atoms with van der Waals surface area (Å²) in [5.74, 6) is 0.0670. The average Bonchev–Trinajstić information content (AvgIpc) is 2.74. The minimum atomic E-state index is -0.830. The van der Waals surface area contributed by atoms with Crippen LogP contribution in [0.1, 0.15) is 40.0 Å². The maximum absolute atomic E-state index is 10.7. The number of aliphatic carboxylic acids is 1. The van der Waals surface area contributed by atoms with Gasteiger partial charge in [0.1, 0.15) is 0 Å². The largest absolute Gasteiger partial charge is 0.481 e. The highest BCUT2D eigenvalue weighted by atomic mass is 32.2. The molecule has 0 aromatic carbocycles. The van der Waals surface area contributed by atoms with Crippen LogP contribution in [0.5, 0.6) is 0 Å². The van der Waals surface area contributed by atoms with Crippen LogP contribution >= 0.6 is 11.8 Å². The van der Waals surface area contributed by atoms with E-state index in [0.29, 0.717) is 10.6 Å². The molecule has 1 aliphatic heterocycles. The third kappa shape index (κ3) is 4.12. The molecule has 1 aromatic heterocycles. The van der Waals surface area contributed by atoms with Gasteiger partial charge in [0, 0.05) is 19.6 Å². The molecule has 1 N–H and O–H groups in total. The van der Waals surface area contributed by atoms with E-state index in [1.54, 1.807) is 0 Å². The Morgan fingerprint density at radius 1 is 1.33 bits per heavy atom. The first kappa shape index (κ1) is 16.1. The molecule has 1 aliphatic rings. The number of thioether (sulfide) groups is 1. The Morgan fingerprint density at radius 3 is 2.76 bits per heavy atom. The fraction of sp³-hybridized carbons (Fsp3) is 0.786. The van der Waals surface area contributed by atoms with Crippen molar-refractivity contribution in [3.63, 3.8) is 0 Å². The molecule has 0 amide bonds. The van der Waals surface area contributed by atoms with Crippen molar-refractivity contribution < 1.29 is 9.90 Å². The van der Waals surface area contributed by atoms with Crippen LogP contribution in [0.2, 0.25) is 0 Å². The predicted octanol–water partition coefficient (Wildman–Crippen LogP) is 2.49. The molecule has 1 fully saturated rings. The third-order valence-corrected chi connectivity index (χ3v) is 4.91. The zero-order valence-corrected chi connectivity index (χ0v) is 13.8. The van der Waals surface area contributed by atoms with E-state index in [4.69, 9.17) is 5.11 Å². The molecule has 0 spiro atoms. The Bertz CT molecular complexity index is 501. The lowest BCUT2D eigenvalue weighted by Gasteiger charge is -2.24. The molecule has 6 nitrogen and oxygen atoms in total. The number of carbonyl (C=O) groups is 1. The minimum Gasteiger partial charge on any atom is -0.481 e. The molecule has 0 radical (unpaired) electrons. The maximum atomic E-state index is 10.7. The molecule has 21 heavy (non-hydrogen) atoms. The first-order valence-electron chi connectivity index (χ1n) is 7.46. The van der Waals surface area contributed by atoms with Crippen molar-refractivity contribution in [1.29, 1.82) is 0 Å². The fourth-order valence-corrected chi connectivity index (χ4v) is 3.37. The molecule has 0 aliphatic carbocycles. The van der Waals surface area contributed by atoms with Gasteiger partial charge in [-0.15, -0.1) is 10.2 Å². The van der Waals surface area contributed by atoms with Gasteiger partial charge in [-0.05, 0) is 31.6 Å². The molecule has 0 atom stereocenters. The molecule has 7 heteroatoms. The summed E-state index contributed by atoms with van der Waals surface area (Å²) in [5.41, 5.74) is 0.382. The van der Waals surface area contributed by atoms with Crippen molar-refractivity contribution in [1.82, 2.24) is 14.8 Å². The van der Waals surface area contributed by atoms with E-state index >= 15 is 0 Å². The van der Waals surface area contributed by atoms with Gasteiger partial charge in [-0.2, -0.15) is 0 Å². The van der Waals surface area contributed by atoms with Crippen molar-refractivity contribution in [3.05, 3.63) is 0 Å². The average molecular weight is 312 g/mol. The summed E-state index contributed by atoms with van der Waals surface area (Å²) in [7, 11) is 0. The van der Waals surface area contributed by atoms with Crippen LogP contribution in [0, 0.1) is 5.41 Å². The molecule has 0 unspecified atom stereocenters. The summed E-state index contributed by atoms with van der Waals surface area (Å²) in [6.45, 7) is 9.40. The van der Waals surface area contributed by atoms with Crippen molar-refractivity contribution in [2.24, 2.45) is 5.41 Å². The van der Waals surface area contributed by atoms with Gasteiger partial charge in [0.05, 0.1) is 5.75 Å². The SMILES string of the molecule is CCn1c(SCC(=O)O)nnc1N1CCCC(C)(C)CC1. The third-order valence-electron chi connectivity index (χ3n) is 3.96. The van der Waals surface area contributed by atoms with Crippen LogP contribution in [0.4, 0.5) is 5.95 Å².